The Labute approximate surface area is 101 Å². The first-order chi connectivity index (χ1) is 7.65. The highest BCUT2D eigenvalue weighted by atomic mass is 32.2. The highest BCUT2D eigenvalue weighted by Gasteiger charge is 2.02. The summed E-state index contributed by atoms with van der Waals surface area (Å²) in [7, 11) is 0. The van der Waals surface area contributed by atoms with E-state index in [9.17, 15) is 0 Å². The standard InChI is InChI=1S/C14H15NS/c1-10-4-3-5-12(8-10)16-14-7-6-11(2)9-13(14)15/h3-9H,15H2,1-2H3. The Morgan fingerprint density at radius 3 is 2.38 bits per heavy atom. The first kappa shape index (κ1) is 11.1. The maximum Gasteiger partial charge on any atom is 0.0458 e. The fourth-order valence-electron chi connectivity index (χ4n) is 1.57. The molecule has 0 spiro atoms. The van der Waals surface area contributed by atoms with E-state index in [-0.39, 0.29) is 0 Å². The molecule has 0 saturated carbocycles. The first-order valence-corrected chi connectivity index (χ1v) is 6.07. The lowest BCUT2D eigenvalue weighted by Gasteiger charge is -2.06. The van der Waals surface area contributed by atoms with Crippen LogP contribution in [0.15, 0.2) is 52.3 Å². The number of rotatable bonds is 2. The molecule has 2 N–H and O–H groups in total. The van der Waals surface area contributed by atoms with Crippen molar-refractivity contribution in [2.24, 2.45) is 0 Å². The number of hydrogen-bond acceptors (Lipinski definition) is 2. The van der Waals surface area contributed by atoms with E-state index in [1.165, 1.54) is 16.0 Å². The van der Waals surface area contributed by atoms with Gasteiger partial charge in [0.25, 0.3) is 0 Å². The molecule has 0 unspecified atom stereocenters. The third-order valence-corrected chi connectivity index (χ3v) is 3.46. The Morgan fingerprint density at radius 1 is 0.938 bits per heavy atom. The molecule has 2 heteroatoms. The van der Waals surface area contributed by atoms with Gasteiger partial charge < -0.3 is 5.73 Å². The van der Waals surface area contributed by atoms with Crippen molar-refractivity contribution in [3.63, 3.8) is 0 Å². The van der Waals surface area contributed by atoms with Crippen molar-refractivity contribution >= 4 is 17.4 Å². The predicted octanol–water partition coefficient (Wildman–Crippen LogP) is 4.04. The van der Waals surface area contributed by atoms with E-state index in [0.29, 0.717) is 0 Å². The molecule has 0 aliphatic rings. The third-order valence-electron chi connectivity index (χ3n) is 2.38. The monoisotopic (exact) mass is 229 g/mol. The predicted molar refractivity (Wildman–Crippen MR) is 70.9 cm³/mol. The lowest BCUT2D eigenvalue weighted by Crippen LogP contribution is -1.89. The fraction of sp³-hybridized carbons (Fsp3) is 0.143. The molecule has 0 saturated heterocycles. The Kier molecular flexibility index (Phi) is 3.20. The summed E-state index contributed by atoms with van der Waals surface area (Å²) in [5.41, 5.74) is 9.31. The summed E-state index contributed by atoms with van der Waals surface area (Å²) < 4.78 is 0. The summed E-state index contributed by atoms with van der Waals surface area (Å²) in [5, 5.41) is 0. The van der Waals surface area contributed by atoms with E-state index in [0.717, 1.165) is 10.6 Å². The molecule has 2 aromatic carbocycles. The van der Waals surface area contributed by atoms with Gasteiger partial charge in [-0.3, -0.25) is 0 Å². The van der Waals surface area contributed by atoms with Crippen LogP contribution in [0.3, 0.4) is 0 Å². The number of nitrogens with two attached hydrogens (primary N) is 1. The van der Waals surface area contributed by atoms with Gasteiger partial charge in [-0.05, 0) is 43.7 Å². The van der Waals surface area contributed by atoms with Gasteiger partial charge in [-0.15, -0.1) is 0 Å². The Hall–Kier alpha value is -1.41. The molecular formula is C14H15NS. The molecule has 2 rings (SSSR count). The third kappa shape index (κ3) is 2.58. The second-order valence-corrected chi connectivity index (χ2v) is 5.08. The van der Waals surface area contributed by atoms with E-state index in [1.54, 1.807) is 11.8 Å². The minimum Gasteiger partial charge on any atom is -0.398 e. The van der Waals surface area contributed by atoms with E-state index < -0.39 is 0 Å². The van der Waals surface area contributed by atoms with Crippen molar-refractivity contribution in [1.82, 2.24) is 0 Å². The quantitative estimate of drug-likeness (QED) is 0.787. The normalized spacial score (nSPS) is 10.4. The van der Waals surface area contributed by atoms with Crippen molar-refractivity contribution in [3.05, 3.63) is 53.6 Å². The van der Waals surface area contributed by atoms with Gasteiger partial charge in [0.15, 0.2) is 0 Å². The molecule has 16 heavy (non-hydrogen) atoms. The lowest BCUT2D eigenvalue weighted by atomic mass is 10.2. The maximum absolute atomic E-state index is 5.99. The van der Waals surface area contributed by atoms with Gasteiger partial charge in [-0.2, -0.15) is 0 Å². The van der Waals surface area contributed by atoms with Crippen LogP contribution in [0, 0.1) is 13.8 Å². The minimum absolute atomic E-state index is 0.853. The average Bonchev–Trinajstić information content (AvgIpc) is 2.22. The minimum atomic E-state index is 0.853. The second kappa shape index (κ2) is 4.62. The van der Waals surface area contributed by atoms with E-state index in [1.807, 2.05) is 6.07 Å². The van der Waals surface area contributed by atoms with Crippen molar-refractivity contribution in [1.29, 1.82) is 0 Å². The topological polar surface area (TPSA) is 26.0 Å². The number of hydrogen-bond donors (Lipinski definition) is 1. The summed E-state index contributed by atoms with van der Waals surface area (Å²) in [6, 6.07) is 14.6. The van der Waals surface area contributed by atoms with Gasteiger partial charge in [0.05, 0.1) is 0 Å². The maximum atomic E-state index is 5.99. The van der Waals surface area contributed by atoms with Crippen LogP contribution < -0.4 is 5.73 Å². The number of benzene rings is 2. The van der Waals surface area contributed by atoms with Gasteiger partial charge >= 0.3 is 0 Å². The number of anilines is 1. The Bertz CT molecular complexity index is 506. The van der Waals surface area contributed by atoms with Gasteiger partial charge in [0.1, 0.15) is 0 Å². The first-order valence-electron chi connectivity index (χ1n) is 5.26. The van der Waals surface area contributed by atoms with Crippen LogP contribution in [0.25, 0.3) is 0 Å². The van der Waals surface area contributed by atoms with Crippen molar-refractivity contribution in [2.45, 2.75) is 23.6 Å². The van der Waals surface area contributed by atoms with Crippen LogP contribution in [0.5, 0.6) is 0 Å². The van der Waals surface area contributed by atoms with Gasteiger partial charge in [-0.1, -0.05) is 35.5 Å². The molecule has 0 bridgehead atoms. The highest BCUT2D eigenvalue weighted by Crippen LogP contribution is 2.32. The number of aryl methyl sites for hydroxylation is 2. The largest absolute Gasteiger partial charge is 0.398 e. The van der Waals surface area contributed by atoms with Gasteiger partial charge in [0.2, 0.25) is 0 Å². The van der Waals surface area contributed by atoms with Crippen LogP contribution in [0.4, 0.5) is 5.69 Å². The van der Waals surface area contributed by atoms with E-state index >= 15 is 0 Å². The molecule has 0 amide bonds. The summed E-state index contributed by atoms with van der Waals surface area (Å²) >= 11 is 1.71. The van der Waals surface area contributed by atoms with Crippen LogP contribution in [-0.2, 0) is 0 Å². The van der Waals surface area contributed by atoms with Crippen molar-refractivity contribution in [3.8, 4) is 0 Å². The molecular weight excluding hydrogens is 214 g/mol. The van der Waals surface area contributed by atoms with Gasteiger partial charge in [0, 0.05) is 15.5 Å². The van der Waals surface area contributed by atoms with Gasteiger partial charge in [-0.25, -0.2) is 0 Å². The average molecular weight is 229 g/mol. The molecule has 0 aromatic heterocycles. The Morgan fingerprint density at radius 2 is 1.69 bits per heavy atom. The SMILES string of the molecule is Cc1cccc(Sc2ccc(C)cc2N)c1. The van der Waals surface area contributed by atoms with Crippen LogP contribution >= 0.6 is 11.8 Å². The Balaban J connectivity index is 2.27. The van der Waals surface area contributed by atoms with Crippen molar-refractivity contribution < 1.29 is 0 Å². The molecule has 0 atom stereocenters. The zero-order valence-corrected chi connectivity index (χ0v) is 10.3. The lowest BCUT2D eigenvalue weighted by molar-refractivity contribution is 1.34. The van der Waals surface area contributed by atoms with E-state index in [2.05, 4.69) is 50.2 Å². The molecule has 0 heterocycles. The van der Waals surface area contributed by atoms with Crippen LogP contribution in [0.2, 0.25) is 0 Å². The smallest absolute Gasteiger partial charge is 0.0458 e. The molecule has 2 aromatic rings. The molecule has 0 aliphatic carbocycles. The summed E-state index contributed by atoms with van der Waals surface area (Å²) in [6.07, 6.45) is 0. The molecule has 82 valence electrons. The van der Waals surface area contributed by atoms with Crippen LogP contribution in [-0.4, -0.2) is 0 Å². The highest BCUT2D eigenvalue weighted by molar-refractivity contribution is 7.99. The van der Waals surface area contributed by atoms with Crippen LogP contribution in [0.1, 0.15) is 11.1 Å². The molecule has 0 radical (unpaired) electrons. The fourth-order valence-corrected chi connectivity index (χ4v) is 2.52. The van der Waals surface area contributed by atoms with E-state index in [4.69, 9.17) is 5.73 Å². The van der Waals surface area contributed by atoms with Crippen molar-refractivity contribution in [2.75, 3.05) is 5.73 Å². The summed E-state index contributed by atoms with van der Waals surface area (Å²) in [4.78, 5) is 2.35. The zero-order valence-electron chi connectivity index (χ0n) is 9.53. The molecule has 1 nitrogen and oxygen atoms in total. The number of nitrogen functional groups attached to an aromatic ring is 1. The molecule has 0 aliphatic heterocycles. The second-order valence-electron chi connectivity index (χ2n) is 3.96. The summed E-state index contributed by atoms with van der Waals surface area (Å²) in [6.45, 7) is 4.15. The zero-order chi connectivity index (χ0) is 11.5. The summed E-state index contributed by atoms with van der Waals surface area (Å²) in [5.74, 6) is 0. The molecule has 0 fully saturated rings.